The molecule has 2 rings (SSSR count). The molecular formula is C14H17BrN2O. The molecule has 1 aromatic heterocycles. The number of aryl methyl sites for hydroxylation is 3. The summed E-state index contributed by atoms with van der Waals surface area (Å²) in [5, 5.41) is 4.34. The highest BCUT2D eigenvalue weighted by atomic mass is 79.9. The molecule has 18 heavy (non-hydrogen) atoms. The van der Waals surface area contributed by atoms with Crippen LogP contribution in [0.25, 0.3) is 0 Å². The van der Waals surface area contributed by atoms with Gasteiger partial charge in [0.15, 0.2) is 0 Å². The first-order chi connectivity index (χ1) is 8.61. The van der Waals surface area contributed by atoms with Crippen molar-refractivity contribution in [1.82, 2.24) is 9.78 Å². The normalized spacial score (nSPS) is 10.7. The lowest BCUT2D eigenvalue weighted by molar-refractivity contribution is 0.294. The average molecular weight is 309 g/mol. The van der Waals surface area contributed by atoms with Crippen LogP contribution in [0.3, 0.4) is 0 Å². The fourth-order valence-corrected chi connectivity index (χ4v) is 2.26. The second kappa shape index (κ2) is 5.57. The minimum absolute atomic E-state index is 0.517. The van der Waals surface area contributed by atoms with Crippen LogP contribution in [0, 0.1) is 6.92 Å². The van der Waals surface area contributed by atoms with Gasteiger partial charge in [-0.05, 0) is 47.0 Å². The molecule has 3 nitrogen and oxygen atoms in total. The maximum Gasteiger partial charge on any atom is 0.131 e. The molecule has 0 N–H and O–H groups in total. The molecule has 0 aliphatic rings. The third-order valence-electron chi connectivity index (χ3n) is 2.97. The van der Waals surface area contributed by atoms with Crippen molar-refractivity contribution < 1.29 is 4.74 Å². The topological polar surface area (TPSA) is 27.1 Å². The van der Waals surface area contributed by atoms with E-state index in [4.69, 9.17) is 4.74 Å². The summed E-state index contributed by atoms with van der Waals surface area (Å²) in [6.45, 7) is 4.64. The highest BCUT2D eigenvalue weighted by molar-refractivity contribution is 9.10. The van der Waals surface area contributed by atoms with Gasteiger partial charge in [-0.2, -0.15) is 5.10 Å². The maximum atomic E-state index is 5.78. The zero-order valence-corrected chi connectivity index (χ0v) is 12.5. The molecule has 0 fully saturated rings. The van der Waals surface area contributed by atoms with Crippen molar-refractivity contribution >= 4 is 15.9 Å². The van der Waals surface area contributed by atoms with Gasteiger partial charge < -0.3 is 4.74 Å². The van der Waals surface area contributed by atoms with Crippen LogP contribution in [0.2, 0.25) is 0 Å². The molecular weight excluding hydrogens is 292 g/mol. The number of benzene rings is 1. The van der Waals surface area contributed by atoms with Gasteiger partial charge in [0.25, 0.3) is 0 Å². The third-order valence-corrected chi connectivity index (χ3v) is 4.00. The molecule has 0 unspecified atom stereocenters. The maximum absolute atomic E-state index is 5.78. The number of hydrogen-bond acceptors (Lipinski definition) is 2. The Balaban J connectivity index is 2.06. The predicted octanol–water partition coefficient (Wildman–Crippen LogP) is 3.63. The first-order valence-electron chi connectivity index (χ1n) is 6.01. The van der Waals surface area contributed by atoms with E-state index in [0.29, 0.717) is 6.61 Å². The van der Waals surface area contributed by atoms with E-state index in [1.165, 1.54) is 5.56 Å². The van der Waals surface area contributed by atoms with E-state index < -0.39 is 0 Å². The smallest absolute Gasteiger partial charge is 0.131 e. The van der Waals surface area contributed by atoms with Crippen molar-refractivity contribution in [2.75, 3.05) is 0 Å². The monoisotopic (exact) mass is 308 g/mol. The fourth-order valence-electron chi connectivity index (χ4n) is 1.81. The number of ether oxygens (including phenoxy) is 1. The van der Waals surface area contributed by atoms with Crippen LogP contribution in [0.5, 0.6) is 5.75 Å². The van der Waals surface area contributed by atoms with E-state index in [0.717, 1.165) is 28.0 Å². The van der Waals surface area contributed by atoms with Crippen molar-refractivity contribution in [2.24, 2.45) is 7.05 Å². The zero-order valence-electron chi connectivity index (χ0n) is 10.9. The molecule has 0 saturated carbocycles. The SMILES string of the molecule is CCc1ccc(OCc2c(Br)c(C)nn2C)cc1. The van der Waals surface area contributed by atoms with Gasteiger partial charge in [0.1, 0.15) is 12.4 Å². The summed E-state index contributed by atoms with van der Waals surface area (Å²) >= 11 is 3.53. The summed E-state index contributed by atoms with van der Waals surface area (Å²) in [5.41, 5.74) is 3.35. The van der Waals surface area contributed by atoms with Crippen molar-refractivity contribution in [3.63, 3.8) is 0 Å². The molecule has 0 saturated heterocycles. The number of halogens is 1. The standard InChI is InChI=1S/C14H17BrN2O/c1-4-11-5-7-12(8-6-11)18-9-13-14(15)10(2)16-17(13)3/h5-8H,4,9H2,1-3H3. The van der Waals surface area contributed by atoms with Gasteiger partial charge in [-0.1, -0.05) is 19.1 Å². The summed E-state index contributed by atoms with van der Waals surface area (Å²) in [5.74, 6) is 0.887. The minimum Gasteiger partial charge on any atom is -0.487 e. The van der Waals surface area contributed by atoms with E-state index in [1.54, 1.807) is 0 Å². The van der Waals surface area contributed by atoms with E-state index in [1.807, 2.05) is 30.8 Å². The molecule has 0 atom stereocenters. The number of aromatic nitrogens is 2. The lowest BCUT2D eigenvalue weighted by Gasteiger charge is -2.07. The summed E-state index contributed by atoms with van der Waals surface area (Å²) in [7, 11) is 1.93. The lowest BCUT2D eigenvalue weighted by atomic mass is 10.2. The van der Waals surface area contributed by atoms with E-state index in [-0.39, 0.29) is 0 Å². The van der Waals surface area contributed by atoms with E-state index in [2.05, 4.69) is 40.1 Å². The van der Waals surface area contributed by atoms with Gasteiger partial charge in [-0.15, -0.1) is 0 Å². The van der Waals surface area contributed by atoms with Crippen LogP contribution in [-0.4, -0.2) is 9.78 Å². The largest absolute Gasteiger partial charge is 0.487 e. The molecule has 0 spiro atoms. The third kappa shape index (κ3) is 2.75. The van der Waals surface area contributed by atoms with Crippen LogP contribution in [-0.2, 0) is 20.1 Å². The van der Waals surface area contributed by atoms with Crippen molar-refractivity contribution in [1.29, 1.82) is 0 Å². The van der Waals surface area contributed by atoms with Crippen molar-refractivity contribution in [2.45, 2.75) is 26.9 Å². The van der Waals surface area contributed by atoms with E-state index >= 15 is 0 Å². The average Bonchev–Trinajstić information content (AvgIpc) is 2.62. The molecule has 96 valence electrons. The summed E-state index contributed by atoms with van der Waals surface area (Å²) in [6.07, 6.45) is 1.05. The second-order valence-corrected chi connectivity index (χ2v) is 5.05. The second-order valence-electron chi connectivity index (χ2n) is 4.26. The van der Waals surface area contributed by atoms with Gasteiger partial charge in [0.2, 0.25) is 0 Å². The summed E-state index contributed by atoms with van der Waals surface area (Å²) < 4.78 is 8.65. The van der Waals surface area contributed by atoms with Gasteiger partial charge in [0.05, 0.1) is 15.9 Å². The predicted molar refractivity (Wildman–Crippen MR) is 75.8 cm³/mol. The molecule has 0 amide bonds. The van der Waals surface area contributed by atoms with Crippen LogP contribution >= 0.6 is 15.9 Å². The molecule has 4 heteroatoms. The number of hydrogen-bond donors (Lipinski definition) is 0. The Bertz CT molecular complexity index is 531. The van der Waals surface area contributed by atoms with Crippen molar-refractivity contribution in [3.05, 3.63) is 45.7 Å². The highest BCUT2D eigenvalue weighted by Gasteiger charge is 2.10. The van der Waals surface area contributed by atoms with Crippen molar-refractivity contribution in [3.8, 4) is 5.75 Å². The first kappa shape index (κ1) is 13.1. The Morgan fingerprint density at radius 3 is 2.44 bits per heavy atom. The molecule has 1 heterocycles. The zero-order chi connectivity index (χ0) is 13.1. The Hall–Kier alpha value is -1.29. The Morgan fingerprint density at radius 2 is 1.94 bits per heavy atom. The van der Waals surface area contributed by atoms with Gasteiger partial charge in [0, 0.05) is 7.05 Å². The molecule has 1 aromatic carbocycles. The lowest BCUT2D eigenvalue weighted by Crippen LogP contribution is -2.03. The Kier molecular flexibility index (Phi) is 4.07. The summed E-state index contributed by atoms with van der Waals surface area (Å²) in [6, 6.07) is 8.21. The molecule has 0 radical (unpaired) electrons. The number of rotatable bonds is 4. The van der Waals surface area contributed by atoms with Crippen LogP contribution < -0.4 is 4.74 Å². The number of nitrogens with zero attached hydrogens (tertiary/aromatic N) is 2. The first-order valence-corrected chi connectivity index (χ1v) is 6.80. The van der Waals surface area contributed by atoms with Crippen LogP contribution in [0.4, 0.5) is 0 Å². The van der Waals surface area contributed by atoms with Gasteiger partial charge >= 0.3 is 0 Å². The molecule has 0 aliphatic heterocycles. The van der Waals surface area contributed by atoms with E-state index in [9.17, 15) is 0 Å². The van der Waals surface area contributed by atoms with Crippen LogP contribution in [0.15, 0.2) is 28.7 Å². The molecule has 0 bridgehead atoms. The minimum atomic E-state index is 0.517. The molecule has 0 aliphatic carbocycles. The summed E-state index contributed by atoms with van der Waals surface area (Å²) in [4.78, 5) is 0. The fraction of sp³-hybridized carbons (Fsp3) is 0.357. The highest BCUT2D eigenvalue weighted by Crippen LogP contribution is 2.22. The van der Waals surface area contributed by atoms with Gasteiger partial charge in [-0.25, -0.2) is 0 Å². The Morgan fingerprint density at radius 1 is 1.28 bits per heavy atom. The quantitative estimate of drug-likeness (QED) is 0.862. The molecule has 2 aromatic rings. The van der Waals surface area contributed by atoms with Crippen LogP contribution in [0.1, 0.15) is 23.9 Å². The Labute approximate surface area is 116 Å². The van der Waals surface area contributed by atoms with Gasteiger partial charge in [-0.3, -0.25) is 4.68 Å².